The zero-order valence-electron chi connectivity index (χ0n) is 11.2. The van der Waals surface area contributed by atoms with E-state index in [0.717, 1.165) is 4.90 Å². The molecule has 114 valence electrons. The topological polar surface area (TPSA) is 35.5 Å². The average molecular weight is 311 g/mol. The number of aliphatic hydroxyl groups is 1. The Labute approximate surface area is 121 Å². The first-order valence-corrected chi connectivity index (χ1v) is 6.67. The van der Waals surface area contributed by atoms with Crippen molar-refractivity contribution < 1.29 is 18.3 Å². The Morgan fingerprint density at radius 3 is 2.60 bits per heavy atom. The maximum Gasteiger partial charge on any atom is 0.405 e. The second kappa shape index (κ2) is 7.71. The summed E-state index contributed by atoms with van der Waals surface area (Å²) in [4.78, 5) is 1.10. The van der Waals surface area contributed by atoms with Gasteiger partial charge in [-0.1, -0.05) is 24.6 Å². The van der Waals surface area contributed by atoms with Crippen LogP contribution in [0.2, 0.25) is 5.02 Å². The number of hydrogen-bond acceptors (Lipinski definition) is 3. The molecule has 7 heteroatoms. The highest BCUT2D eigenvalue weighted by atomic mass is 35.5. The summed E-state index contributed by atoms with van der Waals surface area (Å²) in [5, 5.41) is 12.4. The minimum absolute atomic E-state index is 0.0982. The molecular weight excluding hydrogens is 293 g/mol. The lowest BCUT2D eigenvalue weighted by Gasteiger charge is -2.28. The second-order valence-corrected chi connectivity index (χ2v) is 4.69. The highest BCUT2D eigenvalue weighted by Crippen LogP contribution is 2.29. The Bertz CT molecular complexity index is 427. The zero-order valence-corrected chi connectivity index (χ0v) is 11.9. The lowest BCUT2D eigenvalue weighted by Crippen LogP contribution is -2.37. The standard InChI is InChI=1S/C13H18ClF3N2O/c1-2-18-8-10-11(14)4-3-5-12(10)19(6-7-20)9-13(15,16)17/h3-5,18,20H,2,6-9H2,1H3. The fourth-order valence-electron chi connectivity index (χ4n) is 1.89. The number of benzene rings is 1. The third-order valence-corrected chi connectivity index (χ3v) is 3.08. The number of rotatable bonds is 7. The molecule has 1 aromatic carbocycles. The van der Waals surface area contributed by atoms with Crippen molar-refractivity contribution in [1.82, 2.24) is 5.32 Å². The normalized spacial score (nSPS) is 11.7. The van der Waals surface area contributed by atoms with E-state index in [4.69, 9.17) is 16.7 Å². The molecule has 1 rings (SSSR count). The van der Waals surface area contributed by atoms with E-state index in [1.807, 2.05) is 6.92 Å². The number of nitrogens with zero attached hydrogens (tertiary/aromatic N) is 1. The van der Waals surface area contributed by atoms with E-state index < -0.39 is 12.7 Å². The Balaban J connectivity index is 3.08. The molecule has 0 aromatic heterocycles. The van der Waals surface area contributed by atoms with Crippen LogP contribution in [0.3, 0.4) is 0 Å². The summed E-state index contributed by atoms with van der Waals surface area (Å²) in [7, 11) is 0. The third-order valence-electron chi connectivity index (χ3n) is 2.73. The minimum Gasteiger partial charge on any atom is -0.395 e. The van der Waals surface area contributed by atoms with Crippen LogP contribution in [0.1, 0.15) is 12.5 Å². The first kappa shape index (κ1) is 17.1. The van der Waals surface area contributed by atoms with Gasteiger partial charge in [-0.15, -0.1) is 0 Å². The van der Waals surface area contributed by atoms with Crippen LogP contribution >= 0.6 is 11.6 Å². The first-order chi connectivity index (χ1) is 9.39. The Kier molecular flexibility index (Phi) is 6.58. The molecule has 1 aromatic rings. The Morgan fingerprint density at radius 2 is 2.05 bits per heavy atom. The van der Waals surface area contributed by atoms with Crippen molar-refractivity contribution in [3.05, 3.63) is 28.8 Å². The number of anilines is 1. The summed E-state index contributed by atoms with van der Waals surface area (Å²) in [5.74, 6) is 0. The molecule has 3 nitrogen and oxygen atoms in total. The van der Waals surface area contributed by atoms with Gasteiger partial charge in [0.2, 0.25) is 0 Å². The van der Waals surface area contributed by atoms with Gasteiger partial charge in [0.25, 0.3) is 0 Å². The summed E-state index contributed by atoms with van der Waals surface area (Å²) in [5.41, 5.74) is 0.999. The van der Waals surface area contributed by atoms with Crippen molar-refractivity contribution >= 4 is 17.3 Å². The number of halogens is 4. The van der Waals surface area contributed by atoms with Crippen LogP contribution in [0.5, 0.6) is 0 Å². The maximum absolute atomic E-state index is 12.6. The molecule has 20 heavy (non-hydrogen) atoms. The van der Waals surface area contributed by atoms with Crippen molar-refractivity contribution in [3.8, 4) is 0 Å². The van der Waals surface area contributed by atoms with Crippen LogP contribution in [0.15, 0.2) is 18.2 Å². The molecule has 0 saturated carbocycles. The summed E-state index contributed by atoms with van der Waals surface area (Å²) in [6, 6.07) is 4.83. The molecule has 0 radical (unpaired) electrons. The Hall–Kier alpha value is -0.980. The summed E-state index contributed by atoms with van der Waals surface area (Å²) in [6.07, 6.45) is -4.34. The molecule has 0 amide bonds. The molecule has 0 saturated heterocycles. The third kappa shape index (κ3) is 5.19. The van der Waals surface area contributed by atoms with Gasteiger partial charge in [0.1, 0.15) is 6.54 Å². The summed E-state index contributed by atoms with van der Waals surface area (Å²) in [6.45, 7) is 1.39. The number of nitrogens with one attached hydrogen (secondary N) is 1. The van der Waals surface area contributed by atoms with Gasteiger partial charge in [-0.2, -0.15) is 13.2 Å². The number of aliphatic hydroxyl groups excluding tert-OH is 1. The molecule has 0 spiro atoms. The van der Waals surface area contributed by atoms with Gasteiger partial charge >= 0.3 is 6.18 Å². The molecule has 0 aliphatic heterocycles. The fraction of sp³-hybridized carbons (Fsp3) is 0.538. The Morgan fingerprint density at radius 1 is 1.35 bits per heavy atom. The van der Waals surface area contributed by atoms with Crippen molar-refractivity contribution in [2.75, 3.05) is 31.1 Å². The smallest absolute Gasteiger partial charge is 0.395 e. The average Bonchev–Trinajstić information content (AvgIpc) is 2.35. The first-order valence-electron chi connectivity index (χ1n) is 6.29. The number of alkyl halides is 3. The van der Waals surface area contributed by atoms with E-state index >= 15 is 0 Å². The lowest BCUT2D eigenvalue weighted by molar-refractivity contribution is -0.119. The van der Waals surface area contributed by atoms with E-state index in [1.165, 1.54) is 0 Å². The van der Waals surface area contributed by atoms with Gasteiger partial charge < -0.3 is 15.3 Å². The van der Waals surface area contributed by atoms with Gasteiger partial charge in [0.05, 0.1) is 6.61 Å². The van der Waals surface area contributed by atoms with Gasteiger partial charge in [0.15, 0.2) is 0 Å². The maximum atomic E-state index is 12.6. The molecule has 0 aliphatic rings. The molecule has 0 fully saturated rings. The van der Waals surface area contributed by atoms with Crippen molar-refractivity contribution in [2.45, 2.75) is 19.6 Å². The lowest BCUT2D eigenvalue weighted by atomic mass is 10.1. The van der Waals surface area contributed by atoms with E-state index in [1.54, 1.807) is 18.2 Å². The van der Waals surface area contributed by atoms with Gasteiger partial charge in [-0.25, -0.2) is 0 Å². The highest BCUT2D eigenvalue weighted by Gasteiger charge is 2.31. The van der Waals surface area contributed by atoms with E-state index in [0.29, 0.717) is 29.4 Å². The van der Waals surface area contributed by atoms with Gasteiger partial charge in [-0.05, 0) is 18.7 Å². The molecule has 0 aliphatic carbocycles. The SMILES string of the molecule is CCNCc1c(Cl)cccc1N(CCO)CC(F)(F)F. The van der Waals surface area contributed by atoms with Gasteiger partial charge in [0, 0.05) is 29.4 Å². The fourth-order valence-corrected chi connectivity index (χ4v) is 2.13. The van der Waals surface area contributed by atoms with Crippen molar-refractivity contribution in [1.29, 1.82) is 0 Å². The van der Waals surface area contributed by atoms with E-state index in [-0.39, 0.29) is 13.2 Å². The van der Waals surface area contributed by atoms with Gasteiger partial charge in [-0.3, -0.25) is 0 Å². The minimum atomic E-state index is -4.34. The van der Waals surface area contributed by atoms with E-state index in [2.05, 4.69) is 5.32 Å². The number of hydrogen-bond donors (Lipinski definition) is 2. The second-order valence-electron chi connectivity index (χ2n) is 4.28. The van der Waals surface area contributed by atoms with Crippen LogP contribution in [0, 0.1) is 0 Å². The van der Waals surface area contributed by atoms with Crippen LogP contribution in [0.25, 0.3) is 0 Å². The van der Waals surface area contributed by atoms with Crippen LogP contribution in [-0.2, 0) is 6.54 Å². The molecule has 0 heterocycles. The zero-order chi connectivity index (χ0) is 15.2. The molecule has 0 atom stereocenters. The molecular formula is C13H18ClF3N2O. The molecule has 0 bridgehead atoms. The summed E-state index contributed by atoms with van der Waals surface area (Å²) >= 11 is 6.07. The van der Waals surface area contributed by atoms with Crippen LogP contribution in [-0.4, -0.2) is 37.5 Å². The monoisotopic (exact) mass is 310 g/mol. The molecule has 2 N–H and O–H groups in total. The predicted octanol–water partition coefficient (Wildman–Crippen LogP) is 2.81. The van der Waals surface area contributed by atoms with Crippen molar-refractivity contribution in [2.24, 2.45) is 0 Å². The van der Waals surface area contributed by atoms with E-state index in [9.17, 15) is 13.2 Å². The molecule has 0 unspecified atom stereocenters. The predicted molar refractivity (Wildman–Crippen MR) is 74.2 cm³/mol. The largest absolute Gasteiger partial charge is 0.405 e. The van der Waals surface area contributed by atoms with Crippen LogP contribution < -0.4 is 10.2 Å². The van der Waals surface area contributed by atoms with Crippen LogP contribution in [0.4, 0.5) is 18.9 Å². The quantitative estimate of drug-likeness (QED) is 0.813. The van der Waals surface area contributed by atoms with Crippen molar-refractivity contribution in [3.63, 3.8) is 0 Å². The summed E-state index contributed by atoms with van der Waals surface area (Å²) < 4.78 is 37.9. The highest BCUT2D eigenvalue weighted by molar-refractivity contribution is 6.31.